The predicted octanol–water partition coefficient (Wildman–Crippen LogP) is 0.873. The molecule has 0 aromatic heterocycles. The topological polar surface area (TPSA) is 64.8 Å². The van der Waals surface area contributed by atoms with Crippen molar-refractivity contribution < 1.29 is 14.3 Å². The van der Waals surface area contributed by atoms with Gasteiger partial charge >= 0.3 is 5.97 Å². The molecule has 2 N–H and O–H groups in total. The summed E-state index contributed by atoms with van der Waals surface area (Å²) in [5, 5.41) is 0. The van der Waals surface area contributed by atoms with Gasteiger partial charge in [-0.3, -0.25) is 9.69 Å². The minimum atomic E-state index is -0.121. The second-order valence-corrected chi connectivity index (χ2v) is 5.61. The molecule has 1 aliphatic rings. The maximum Gasteiger partial charge on any atom is 0.306 e. The number of nitrogens with zero attached hydrogens (tertiary/aromatic N) is 1. The van der Waals surface area contributed by atoms with Crippen LogP contribution in [0.4, 0.5) is 0 Å². The first-order chi connectivity index (χ1) is 9.11. The van der Waals surface area contributed by atoms with E-state index in [1.807, 2.05) is 0 Å². The van der Waals surface area contributed by atoms with Gasteiger partial charge < -0.3 is 15.2 Å². The molecule has 19 heavy (non-hydrogen) atoms. The summed E-state index contributed by atoms with van der Waals surface area (Å²) in [6, 6.07) is 0. The second-order valence-electron chi connectivity index (χ2n) is 5.61. The number of morpholine rings is 1. The van der Waals surface area contributed by atoms with Crippen LogP contribution in [0.15, 0.2) is 0 Å². The van der Waals surface area contributed by atoms with E-state index in [0.29, 0.717) is 25.5 Å². The summed E-state index contributed by atoms with van der Waals surface area (Å²) in [6.07, 6.45) is 1.42. The monoisotopic (exact) mass is 272 g/mol. The largest absolute Gasteiger partial charge is 0.464 e. The highest BCUT2D eigenvalue weighted by Gasteiger charge is 2.16. The molecule has 1 rings (SSSR count). The number of hydrogen-bond donors (Lipinski definition) is 1. The summed E-state index contributed by atoms with van der Waals surface area (Å²) in [5.41, 5.74) is 5.69. The Balaban J connectivity index is 2.12. The molecule has 0 aliphatic carbocycles. The Hall–Kier alpha value is -0.650. The zero-order chi connectivity index (χ0) is 14.1. The SMILES string of the molecule is CC(C)C[C@H](CN)CC(=O)OCCN1CCOCC1. The second kappa shape index (κ2) is 9.28. The van der Waals surface area contributed by atoms with Gasteiger partial charge in [-0.15, -0.1) is 0 Å². The molecule has 1 aliphatic heterocycles. The lowest BCUT2D eigenvalue weighted by Crippen LogP contribution is -2.38. The van der Waals surface area contributed by atoms with E-state index in [9.17, 15) is 4.79 Å². The molecule has 0 amide bonds. The molecule has 0 spiro atoms. The number of esters is 1. The van der Waals surface area contributed by atoms with Crippen molar-refractivity contribution in [3.8, 4) is 0 Å². The molecule has 0 radical (unpaired) electrons. The van der Waals surface area contributed by atoms with Gasteiger partial charge in [0.05, 0.1) is 13.2 Å². The highest BCUT2D eigenvalue weighted by Crippen LogP contribution is 2.14. The molecule has 1 saturated heterocycles. The number of ether oxygens (including phenoxy) is 2. The third-order valence-electron chi connectivity index (χ3n) is 3.37. The average Bonchev–Trinajstić information content (AvgIpc) is 2.38. The van der Waals surface area contributed by atoms with E-state index in [0.717, 1.165) is 39.3 Å². The van der Waals surface area contributed by atoms with Gasteiger partial charge in [0.1, 0.15) is 6.61 Å². The van der Waals surface area contributed by atoms with Crippen molar-refractivity contribution in [2.45, 2.75) is 26.7 Å². The first-order valence-electron chi connectivity index (χ1n) is 7.27. The van der Waals surface area contributed by atoms with Crippen LogP contribution in [0.1, 0.15) is 26.7 Å². The first-order valence-corrected chi connectivity index (χ1v) is 7.27. The average molecular weight is 272 g/mol. The Kier molecular flexibility index (Phi) is 8.02. The van der Waals surface area contributed by atoms with Crippen molar-refractivity contribution in [3.63, 3.8) is 0 Å². The highest BCUT2D eigenvalue weighted by atomic mass is 16.5. The summed E-state index contributed by atoms with van der Waals surface area (Å²) in [6.45, 7) is 9.52. The fourth-order valence-electron chi connectivity index (χ4n) is 2.34. The zero-order valence-corrected chi connectivity index (χ0v) is 12.3. The van der Waals surface area contributed by atoms with Crippen LogP contribution in [0.2, 0.25) is 0 Å². The molecule has 1 heterocycles. The number of rotatable bonds is 8. The maximum atomic E-state index is 11.7. The fourth-order valence-corrected chi connectivity index (χ4v) is 2.34. The van der Waals surface area contributed by atoms with Crippen LogP contribution in [0.3, 0.4) is 0 Å². The Morgan fingerprint density at radius 1 is 1.37 bits per heavy atom. The van der Waals surface area contributed by atoms with Gasteiger partial charge in [-0.1, -0.05) is 13.8 Å². The van der Waals surface area contributed by atoms with Crippen LogP contribution < -0.4 is 5.73 Å². The van der Waals surface area contributed by atoms with Gasteiger partial charge in [-0.05, 0) is 24.8 Å². The van der Waals surface area contributed by atoms with Crippen LogP contribution in [0, 0.1) is 11.8 Å². The lowest BCUT2D eigenvalue weighted by molar-refractivity contribution is -0.145. The lowest BCUT2D eigenvalue weighted by Gasteiger charge is -2.26. The molecule has 0 bridgehead atoms. The third-order valence-corrected chi connectivity index (χ3v) is 3.37. The van der Waals surface area contributed by atoms with Gasteiger partial charge in [0.15, 0.2) is 0 Å². The molecular weight excluding hydrogens is 244 g/mol. The van der Waals surface area contributed by atoms with Gasteiger partial charge in [-0.25, -0.2) is 0 Å². The molecule has 0 aromatic rings. The van der Waals surface area contributed by atoms with Crippen molar-refractivity contribution in [1.82, 2.24) is 4.90 Å². The molecule has 5 heteroatoms. The Labute approximate surface area is 116 Å². The van der Waals surface area contributed by atoms with Gasteiger partial charge in [0, 0.05) is 26.1 Å². The van der Waals surface area contributed by atoms with Crippen molar-refractivity contribution in [2.24, 2.45) is 17.6 Å². The molecule has 0 unspecified atom stereocenters. The predicted molar refractivity (Wildman–Crippen MR) is 74.8 cm³/mol. The minimum Gasteiger partial charge on any atom is -0.464 e. The molecule has 1 atom stereocenters. The van der Waals surface area contributed by atoms with Crippen LogP contribution in [0.5, 0.6) is 0 Å². The smallest absolute Gasteiger partial charge is 0.306 e. The Morgan fingerprint density at radius 2 is 2.05 bits per heavy atom. The van der Waals surface area contributed by atoms with E-state index in [1.54, 1.807) is 0 Å². The van der Waals surface area contributed by atoms with Crippen molar-refractivity contribution in [1.29, 1.82) is 0 Å². The summed E-state index contributed by atoms with van der Waals surface area (Å²) in [7, 11) is 0. The van der Waals surface area contributed by atoms with E-state index in [-0.39, 0.29) is 11.9 Å². The number of hydrogen-bond acceptors (Lipinski definition) is 5. The number of nitrogens with two attached hydrogens (primary N) is 1. The maximum absolute atomic E-state index is 11.7. The van der Waals surface area contributed by atoms with E-state index in [4.69, 9.17) is 15.2 Å². The molecule has 5 nitrogen and oxygen atoms in total. The van der Waals surface area contributed by atoms with Crippen LogP contribution >= 0.6 is 0 Å². The normalized spacial score (nSPS) is 18.5. The van der Waals surface area contributed by atoms with Crippen molar-refractivity contribution >= 4 is 5.97 Å². The number of carbonyl (C=O) groups is 1. The summed E-state index contributed by atoms with van der Waals surface area (Å²) in [4.78, 5) is 14.0. The van der Waals surface area contributed by atoms with Crippen LogP contribution in [-0.2, 0) is 14.3 Å². The molecular formula is C14H28N2O3. The Bertz CT molecular complexity index is 253. The van der Waals surface area contributed by atoms with E-state index in [1.165, 1.54) is 0 Å². The highest BCUT2D eigenvalue weighted by molar-refractivity contribution is 5.69. The Morgan fingerprint density at radius 3 is 2.63 bits per heavy atom. The summed E-state index contributed by atoms with van der Waals surface area (Å²) in [5.74, 6) is 0.690. The van der Waals surface area contributed by atoms with E-state index in [2.05, 4.69) is 18.7 Å². The van der Waals surface area contributed by atoms with E-state index >= 15 is 0 Å². The minimum absolute atomic E-state index is 0.121. The van der Waals surface area contributed by atoms with Crippen LogP contribution in [-0.4, -0.2) is 56.9 Å². The summed E-state index contributed by atoms with van der Waals surface area (Å²) < 4.78 is 10.5. The standard InChI is InChI=1S/C14H28N2O3/c1-12(2)9-13(11-15)10-14(17)19-8-5-16-3-6-18-7-4-16/h12-13H,3-11,15H2,1-2H3/t13-/m0/s1. The van der Waals surface area contributed by atoms with Crippen LogP contribution in [0.25, 0.3) is 0 Å². The molecule has 0 aromatic carbocycles. The summed E-state index contributed by atoms with van der Waals surface area (Å²) >= 11 is 0. The lowest BCUT2D eigenvalue weighted by atomic mass is 9.94. The van der Waals surface area contributed by atoms with Gasteiger partial charge in [0.2, 0.25) is 0 Å². The molecule has 0 saturated carbocycles. The zero-order valence-electron chi connectivity index (χ0n) is 12.3. The fraction of sp³-hybridized carbons (Fsp3) is 0.929. The van der Waals surface area contributed by atoms with Crippen molar-refractivity contribution in [3.05, 3.63) is 0 Å². The quantitative estimate of drug-likeness (QED) is 0.664. The third kappa shape index (κ3) is 7.50. The first kappa shape index (κ1) is 16.4. The van der Waals surface area contributed by atoms with Gasteiger partial charge in [0.25, 0.3) is 0 Å². The molecule has 112 valence electrons. The van der Waals surface area contributed by atoms with Gasteiger partial charge in [-0.2, -0.15) is 0 Å². The van der Waals surface area contributed by atoms with Crippen molar-refractivity contribution in [2.75, 3.05) is 46.0 Å². The van der Waals surface area contributed by atoms with E-state index < -0.39 is 0 Å². The molecule has 1 fully saturated rings. The number of carbonyl (C=O) groups excluding carboxylic acids is 1.